The Hall–Kier alpha value is -1.04. The second-order valence-corrected chi connectivity index (χ2v) is 4.90. The van der Waals surface area contributed by atoms with E-state index in [-0.39, 0.29) is 23.5 Å². The molecule has 0 aliphatic rings. The van der Waals surface area contributed by atoms with Gasteiger partial charge in [-0.05, 0) is 32.0 Å². The molecule has 3 nitrogen and oxygen atoms in total. The third kappa shape index (κ3) is 4.01. The summed E-state index contributed by atoms with van der Waals surface area (Å²) < 4.78 is 13.7. The number of aliphatic hydroxyl groups is 1. The molecule has 0 saturated heterocycles. The smallest absolute Gasteiger partial charge is 0.127 e. The SMILES string of the molecule is CC(C)N(CCO)Cc1cc(C(N)=S)ccc1F. The van der Waals surface area contributed by atoms with E-state index in [9.17, 15) is 4.39 Å². The predicted molar refractivity (Wildman–Crippen MR) is 74.9 cm³/mol. The fraction of sp³-hybridized carbons (Fsp3) is 0.462. The molecule has 0 unspecified atom stereocenters. The van der Waals surface area contributed by atoms with Gasteiger partial charge in [-0.3, -0.25) is 4.90 Å². The van der Waals surface area contributed by atoms with Crippen LogP contribution in [0.3, 0.4) is 0 Å². The van der Waals surface area contributed by atoms with E-state index in [1.807, 2.05) is 18.7 Å². The number of benzene rings is 1. The van der Waals surface area contributed by atoms with Crippen LogP contribution in [-0.2, 0) is 6.54 Å². The average Bonchev–Trinajstić information content (AvgIpc) is 2.30. The highest BCUT2D eigenvalue weighted by molar-refractivity contribution is 7.80. The first-order valence-electron chi connectivity index (χ1n) is 5.88. The topological polar surface area (TPSA) is 49.5 Å². The Balaban J connectivity index is 2.93. The van der Waals surface area contributed by atoms with Crippen molar-refractivity contribution in [2.45, 2.75) is 26.4 Å². The van der Waals surface area contributed by atoms with Crippen LogP contribution in [0.15, 0.2) is 18.2 Å². The van der Waals surface area contributed by atoms with Crippen molar-refractivity contribution in [1.29, 1.82) is 0 Å². The normalized spacial score (nSPS) is 11.2. The highest BCUT2D eigenvalue weighted by Crippen LogP contribution is 2.14. The zero-order valence-electron chi connectivity index (χ0n) is 10.7. The van der Waals surface area contributed by atoms with Crippen molar-refractivity contribution in [2.75, 3.05) is 13.2 Å². The zero-order chi connectivity index (χ0) is 13.7. The van der Waals surface area contributed by atoms with Crippen molar-refractivity contribution < 1.29 is 9.50 Å². The molecule has 0 amide bonds. The van der Waals surface area contributed by atoms with Gasteiger partial charge in [0.2, 0.25) is 0 Å². The number of hydrogen-bond acceptors (Lipinski definition) is 3. The summed E-state index contributed by atoms with van der Waals surface area (Å²) in [7, 11) is 0. The van der Waals surface area contributed by atoms with Crippen molar-refractivity contribution in [2.24, 2.45) is 5.73 Å². The van der Waals surface area contributed by atoms with Gasteiger partial charge in [0.05, 0.1) is 6.61 Å². The van der Waals surface area contributed by atoms with Gasteiger partial charge >= 0.3 is 0 Å². The largest absolute Gasteiger partial charge is 0.395 e. The van der Waals surface area contributed by atoms with Crippen molar-refractivity contribution in [3.63, 3.8) is 0 Å². The van der Waals surface area contributed by atoms with Gasteiger partial charge in [-0.1, -0.05) is 12.2 Å². The minimum Gasteiger partial charge on any atom is -0.395 e. The fourth-order valence-electron chi connectivity index (χ4n) is 1.72. The lowest BCUT2D eigenvalue weighted by atomic mass is 10.1. The molecule has 5 heteroatoms. The van der Waals surface area contributed by atoms with Gasteiger partial charge in [0.25, 0.3) is 0 Å². The Morgan fingerprint density at radius 3 is 2.67 bits per heavy atom. The van der Waals surface area contributed by atoms with Gasteiger partial charge in [0, 0.05) is 30.3 Å². The lowest BCUT2D eigenvalue weighted by Crippen LogP contribution is -2.33. The van der Waals surface area contributed by atoms with Crippen LogP contribution >= 0.6 is 12.2 Å². The first-order valence-corrected chi connectivity index (χ1v) is 6.29. The Morgan fingerprint density at radius 2 is 2.17 bits per heavy atom. The van der Waals surface area contributed by atoms with Crippen molar-refractivity contribution in [3.8, 4) is 0 Å². The van der Waals surface area contributed by atoms with E-state index < -0.39 is 0 Å². The Bertz CT molecular complexity index is 423. The number of thiocarbonyl (C=S) groups is 1. The van der Waals surface area contributed by atoms with Crippen LogP contribution in [0.2, 0.25) is 0 Å². The standard InChI is InChI=1S/C13H19FN2OS/c1-9(2)16(5-6-17)8-11-7-10(13(15)18)3-4-12(11)14/h3-4,7,9,17H,5-6,8H2,1-2H3,(H2,15,18). The van der Waals surface area contributed by atoms with E-state index in [0.29, 0.717) is 24.2 Å². The minimum atomic E-state index is -0.279. The van der Waals surface area contributed by atoms with E-state index in [4.69, 9.17) is 23.1 Å². The molecule has 1 rings (SSSR count). The molecule has 0 aromatic heterocycles. The van der Waals surface area contributed by atoms with E-state index in [1.165, 1.54) is 6.07 Å². The van der Waals surface area contributed by atoms with Crippen LogP contribution in [0.5, 0.6) is 0 Å². The van der Waals surface area contributed by atoms with Gasteiger partial charge in [0.1, 0.15) is 10.8 Å². The molecule has 0 spiro atoms. The number of nitrogens with two attached hydrogens (primary N) is 1. The van der Waals surface area contributed by atoms with Crippen LogP contribution < -0.4 is 5.73 Å². The molecule has 18 heavy (non-hydrogen) atoms. The number of aliphatic hydroxyl groups excluding tert-OH is 1. The van der Waals surface area contributed by atoms with Gasteiger partial charge in [0.15, 0.2) is 0 Å². The third-order valence-corrected chi connectivity index (χ3v) is 3.06. The van der Waals surface area contributed by atoms with E-state index in [0.717, 1.165) is 0 Å². The Morgan fingerprint density at radius 1 is 1.50 bits per heavy atom. The monoisotopic (exact) mass is 270 g/mol. The summed E-state index contributed by atoms with van der Waals surface area (Å²) in [6.07, 6.45) is 0. The first-order chi connectivity index (χ1) is 8.45. The summed E-state index contributed by atoms with van der Waals surface area (Å²) in [4.78, 5) is 2.25. The summed E-state index contributed by atoms with van der Waals surface area (Å²) in [5.74, 6) is -0.279. The van der Waals surface area contributed by atoms with Crippen LogP contribution in [0, 0.1) is 5.82 Å². The molecule has 0 aliphatic carbocycles. The average molecular weight is 270 g/mol. The van der Waals surface area contributed by atoms with Crippen molar-refractivity contribution >= 4 is 17.2 Å². The molecule has 100 valence electrons. The van der Waals surface area contributed by atoms with Gasteiger partial charge in [-0.25, -0.2) is 4.39 Å². The molecule has 0 saturated carbocycles. The minimum absolute atomic E-state index is 0.0504. The van der Waals surface area contributed by atoms with Crippen molar-refractivity contribution in [1.82, 2.24) is 4.90 Å². The molecule has 0 radical (unpaired) electrons. The molecule has 3 N–H and O–H groups in total. The van der Waals surface area contributed by atoms with Crippen LogP contribution in [0.25, 0.3) is 0 Å². The van der Waals surface area contributed by atoms with Crippen LogP contribution in [-0.4, -0.2) is 34.2 Å². The summed E-state index contributed by atoms with van der Waals surface area (Å²) in [5.41, 5.74) is 6.74. The lowest BCUT2D eigenvalue weighted by molar-refractivity contribution is 0.158. The fourth-order valence-corrected chi connectivity index (χ4v) is 1.84. The Kier molecular flexibility index (Phi) is 5.65. The third-order valence-electron chi connectivity index (χ3n) is 2.82. The number of nitrogens with zero attached hydrogens (tertiary/aromatic N) is 1. The zero-order valence-corrected chi connectivity index (χ0v) is 11.5. The van der Waals surface area contributed by atoms with Crippen LogP contribution in [0.4, 0.5) is 4.39 Å². The second kappa shape index (κ2) is 6.78. The quantitative estimate of drug-likeness (QED) is 0.772. The molecule has 0 fully saturated rings. The number of hydrogen-bond donors (Lipinski definition) is 2. The molecular weight excluding hydrogens is 251 g/mol. The highest BCUT2D eigenvalue weighted by Gasteiger charge is 2.13. The highest BCUT2D eigenvalue weighted by atomic mass is 32.1. The molecule has 1 aromatic carbocycles. The van der Waals surface area contributed by atoms with E-state index >= 15 is 0 Å². The summed E-state index contributed by atoms with van der Waals surface area (Å²) in [6, 6.07) is 4.85. The maximum Gasteiger partial charge on any atom is 0.127 e. The van der Waals surface area contributed by atoms with Gasteiger partial charge in [-0.2, -0.15) is 0 Å². The van der Waals surface area contributed by atoms with Crippen molar-refractivity contribution in [3.05, 3.63) is 35.1 Å². The van der Waals surface area contributed by atoms with Gasteiger partial charge < -0.3 is 10.8 Å². The molecule has 1 aromatic rings. The lowest BCUT2D eigenvalue weighted by Gasteiger charge is -2.25. The molecule has 0 bridgehead atoms. The maximum absolute atomic E-state index is 13.7. The molecule has 0 aliphatic heterocycles. The summed E-state index contributed by atoms with van der Waals surface area (Å²) in [6.45, 7) is 5.00. The van der Waals surface area contributed by atoms with E-state index in [1.54, 1.807) is 12.1 Å². The van der Waals surface area contributed by atoms with E-state index in [2.05, 4.69) is 0 Å². The van der Waals surface area contributed by atoms with Crippen LogP contribution in [0.1, 0.15) is 25.0 Å². The summed E-state index contributed by atoms with van der Waals surface area (Å²) in [5, 5.41) is 9.00. The molecule has 0 heterocycles. The van der Waals surface area contributed by atoms with Gasteiger partial charge in [-0.15, -0.1) is 0 Å². The number of halogens is 1. The summed E-state index contributed by atoms with van der Waals surface area (Å²) >= 11 is 4.88. The molecule has 0 atom stereocenters. The second-order valence-electron chi connectivity index (χ2n) is 4.46. The first kappa shape index (κ1) is 15.0. The Labute approximate surface area is 112 Å². The predicted octanol–water partition coefficient (Wildman–Crippen LogP) is 1.66. The number of rotatable bonds is 6. The maximum atomic E-state index is 13.7. The molecular formula is C13H19FN2OS.